The summed E-state index contributed by atoms with van der Waals surface area (Å²) in [5, 5.41) is 2.33. The number of halogens is 1. The summed E-state index contributed by atoms with van der Waals surface area (Å²) in [5.41, 5.74) is 0.260. The number of nitrogens with zero attached hydrogens (tertiary/aromatic N) is 1. The predicted molar refractivity (Wildman–Crippen MR) is 98.6 cm³/mol. The molecule has 0 saturated carbocycles. The van der Waals surface area contributed by atoms with E-state index in [0.29, 0.717) is 6.42 Å². The summed E-state index contributed by atoms with van der Waals surface area (Å²) in [4.78, 5) is 37.5. The van der Waals surface area contributed by atoms with Crippen molar-refractivity contribution in [3.63, 3.8) is 0 Å². The number of nitrogens with one attached hydrogen (secondary N) is 1. The molecule has 3 rings (SSSR count). The van der Waals surface area contributed by atoms with Crippen LogP contribution in [0.4, 0.5) is 9.18 Å². The molecule has 1 heterocycles. The molecule has 1 N–H and O–H groups in total. The lowest BCUT2D eigenvalue weighted by Crippen LogP contribution is -2.37. The van der Waals surface area contributed by atoms with E-state index < -0.39 is 17.0 Å². The molecule has 5 nitrogen and oxygen atoms in total. The minimum absolute atomic E-state index is 0.0876. The van der Waals surface area contributed by atoms with Gasteiger partial charge in [0.25, 0.3) is 11.1 Å². The van der Waals surface area contributed by atoms with Gasteiger partial charge >= 0.3 is 0 Å². The van der Waals surface area contributed by atoms with Gasteiger partial charge in [0.1, 0.15) is 5.82 Å². The first-order valence-electron chi connectivity index (χ1n) is 8.48. The van der Waals surface area contributed by atoms with Gasteiger partial charge in [0.15, 0.2) is 0 Å². The average molecular weight is 374 g/mol. The van der Waals surface area contributed by atoms with E-state index in [4.69, 9.17) is 0 Å². The molecule has 0 spiro atoms. The lowest BCUT2D eigenvalue weighted by molar-refractivity contribution is -0.124. The van der Waals surface area contributed by atoms with E-state index in [1.807, 2.05) is 6.08 Å². The maximum absolute atomic E-state index is 13.7. The van der Waals surface area contributed by atoms with Gasteiger partial charge in [-0.25, -0.2) is 4.39 Å². The van der Waals surface area contributed by atoms with Crippen molar-refractivity contribution in [2.24, 2.45) is 5.92 Å². The topological polar surface area (TPSA) is 66.5 Å². The van der Waals surface area contributed by atoms with Gasteiger partial charge in [-0.05, 0) is 42.7 Å². The summed E-state index contributed by atoms with van der Waals surface area (Å²) in [6, 6.07) is 6.06. The second kappa shape index (κ2) is 8.31. The molecule has 0 bridgehead atoms. The summed E-state index contributed by atoms with van der Waals surface area (Å²) >= 11 is 0.780. The van der Waals surface area contributed by atoms with Crippen molar-refractivity contribution in [2.45, 2.75) is 19.3 Å². The zero-order valence-corrected chi connectivity index (χ0v) is 14.9. The first kappa shape index (κ1) is 18.4. The molecule has 0 aromatic heterocycles. The zero-order chi connectivity index (χ0) is 18.5. The first-order chi connectivity index (χ1) is 12.5. The maximum atomic E-state index is 13.7. The molecule has 1 aliphatic heterocycles. The van der Waals surface area contributed by atoms with Crippen LogP contribution < -0.4 is 5.32 Å². The third kappa shape index (κ3) is 4.40. The Labute approximate surface area is 155 Å². The number of hydrogen-bond donors (Lipinski definition) is 1. The fourth-order valence-electron chi connectivity index (χ4n) is 2.91. The van der Waals surface area contributed by atoms with Crippen LogP contribution in [0, 0.1) is 11.7 Å². The average Bonchev–Trinajstić information content (AvgIpc) is 3.20. The zero-order valence-electron chi connectivity index (χ0n) is 14.1. The largest absolute Gasteiger partial charge is 0.354 e. The Hall–Kier alpha value is -2.41. The van der Waals surface area contributed by atoms with Gasteiger partial charge < -0.3 is 5.32 Å². The number of rotatable bonds is 6. The molecular weight excluding hydrogens is 355 g/mol. The molecule has 136 valence electrons. The van der Waals surface area contributed by atoms with Gasteiger partial charge in [-0.3, -0.25) is 19.3 Å². The van der Waals surface area contributed by atoms with Crippen LogP contribution in [0.5, 0.6) is 0 Å². The number of allylic oxidation sites excluding steroid dienone is 2. The highest BCUT2D eigenvalue weighted by Gasteiger charge is 2.34. The van der Waals surface area contributed by atoms with Crippen LogP contribution in [-0.2, 0) is 9.59 Å². The molecular formula is C19H19FN2O3S. The van der Waals surface area contributed by atoms with Crippen molar-refractivity contribution < 1.29 is 18.8 Å². The number of benzene rings is 1. The van der Waals surface area contributed by atoms with Gasteiger partial charge in [-0.1, -0.05) is 30.4 Å². The Morgan fingerprint density at radius 1 is 1.35 bits per heavy atom. The molecule has 7 heteroatoms. The molecule has 1 fully saturated rings. The van der Waals surface area contributed by atoms with E-state index in [9.17, 15) is 18.8 Å². The summed E-state index contributed by atoms with van der Waals surface area (Å²) < 4.78 is 13.7. The van der Waals surface area contributed by atoms with Crippen LogP contribution in [0.2, 0.25) is 0 Å². The fourth-order valence-corrected chi connectivity index (χ4v) is 3.76. The smallest absolute Gasteiger partial charge is 0.293 e. The van der Waals surface area contributed by atoms with E-state index in [1.165, 1.54) is 12.1 Å². The van der Waals surface area contributed by atoms with E-state index in [1.54, 1.807) is 18.2 Å². The Kier molecular flexibility index (Phi) is 5.88. The Bertz CT molecular complexity index is 791. The molecule has 1 saturated heterocycles. The van der Waals surface area contributed by atoms with Crippen LogP contribution in [0.15, 0.2) is 41.3 Å². The second-order valence-corrected chi connectivity index (χ2v) is 7.17. The highest BCUT2D eigenvalue weighted by Crippen LogP contribution is 2.32. The van der Waals surface area contributed by atoms with Crippen molar-refractivity contribution >= 4 is 34.9 Å². The Morgan fingerprint density at radius 2 is 2.15 bits per heavy atom. The van der Waals surface area contributed by atoms with Crippen LogP contribution >= 0.6 is 11.8 Å². The summed E-state index contributed by atoms with van der Waals surface area (Å²) in [6.07, 6.45) is 7.90. The standard InChI is InChI=1S/C19H19FN2O3S/c20-15-8-4-3-7-14(15)12-16-18(24)22(19(25)26-16)10-9-21-17(23)11-13-5-1-2-6-13/h1,3-5,7-8,12-13H,2,6,9-11H2,(H,21,23). The molecule has 1 aromatic carbocycles. The lowest BCUT2D eigenvalue weighted by atomic mass is 10.1. The molecule has 2 aliphatic rings. The van der Waals surface area contributed by atoms with E-state index in [0.717, 1.165) is 29.5 Å². The molecule has 1 atom stereocenters. The van der Waals surface area contributed by atoms with E-state index in [2.05, 4.69) is 11.4 Å². The first-order valence-corrected chi connectivity index (χ1v) is 9.29. The summed E-state index contributed by atoms with van der Waals surface area (Å²) in [7, 11) is 0. The highest BCUT2D eigenvalue weighted by molar-refractivity contribution is 8.18. The minimum Gasteiger partial charge on any atom is -0.354 e. The lowest BCUT2D eigenvalue weighted by Gasteiger charge is -2.13. The fraction of sp³-hybridized carbons (Fsp3) is 0.316. The molecule has 1 aromatic rings. The quantitative estimate of drug-likeness (QED) is 0.613. The SMILES string of the molecule is O=C(CC1C=CCC1)NCCN1C(=O)SC(=Cc2ccccc2F)C1=O. The minimum atomic E-state index is -0.462. The Morgan fingerprint density at radius 3 is 2.88 bits per heavy atom. The summed E-state index contributed by atoms with van der Waals surface area (Å²) in [5.74, 6) is -0.727. The number of thioether (sulfide) groups is 1. The van der Waals surface area contributed by atoms with Crippen LogP contribution in [0.1, 0.15) is 24.8 Å². The van der Waals surface area contributed by atoms with Crippen LogP contribution in [-0.4, -0.2) is 35.0 Å². The van der Waals surface area contributed by atoms with Gasteiger partial charge in [0.05, 0.1) is 4.91 Å². The molecule has 1 unspecified atom stereocenters. The Balaban J connectivity index is 1.53. The van der Waals surface area contributed by atoms with Crippen LogP contribution in [0.3, 0.4) is 0 Å². The number of carbonyl (C=O) groups excluding carboxylic acids is 3. The maximum Gasteiger partial charge on any atom is 0.293 e. The van der Waals surface area contributed by atoms with Gasteiger partial charge in [0, 0.05) is 25.1 Å². The van der Waals surface area contributed by atoms with E-state index in [-0.39, 0.29) is 35.4 Å². The monoisotopic (exact) mass is 374 g/mol. The molecule has 3 amide bonds. The molecule has 26 heavy (non-hydrogen) atoms. The summed E-state index contributed by atoms with van der Waals surface area (Å²) in [6.45, 7) is 0.311. The molecule has 0 radical (unpaired) electrons. The second-order valence-electron chi connectivity index (χ2n) is 6.17. The highest BCUT2D eigenvalue weighted by atomic mass is 32.2. The van der Waals surface area contributed by atoms with Crippen LogP contribution in [0.25, 0.3) is 6.08 Å². The van der Waals surface area contributed by atoms with Crippen molar-refractivity contribution in [1.29, 1.82) is 0 Å². The molecule has 1 aliphatic carbocycles. The van der Waals surface area contributed by atoms with Gasteiger partial charge in [-0.15, -0.1) is 0 Å². The number of hydrogen-bond acceptors (Lipinski definition) is 4. The third-order valence-electron chi connectivity index (χ3n) is 4.28. The number of imide groups is 1. The van der Waals surface area contributed by atoms with Crippen molar-refractivity contribution in [3.8, 4) is 0 Å². The number of carbonyl (C=O) groups is 3. The van der Waals surface area contributed by atoms with E-state index >= 15 is 0 Å². The third-order valence-corrected chi connectivity index (χ3v) is 5.19. The van der Waals surface area contributed by atoms with Crippen molar-refractivity contribution in [2.75, 3.05) is 13.1 Å². The predicted octanol–water partition coefficient (Wildman–Crippen LogP) is 3.33. The van der Waals surface area contributed by atoms with Crippen molar-refractivity contribution in [1.82, 2.24) is 10.2 Å². The normalized spacial score (nSPS) is 21.0. The van der Waals surface area contributed by atoms with Crippen molar-refractivity contribution in [3.05, 3.63) is 52.7 Å². The van der Waals surface area contributed by atoms with Gasteiger partial charge in [-0.2, -0.15) is 0 Å². The van der Waals surface area contributed by atoms with Gasteiger partial charge in [0.2, 0.25) is 5.91 Å². The number of amides is 3.